The van der Waals surface area contributed by atoms with Crippen LogP contribution in [0, 0.1) is 0 Å². The number of halogens is 2. The van der Waals surface area contributed by atoms with E-state index in [0.29, 0.717) is 0 Å². The van der Waals surface area contributed by atoms with Gasteiger partial charge in [0.15, 0.2) is 0 Å². The Balaban J connectivity index is 0.00000169. The first kappa shape index (κ1) is 15.6. The Labute approximate surface area is 146 Å². The molecule has 2 nitrogen and oxygen atoms in total. The Morgan fingerprint density at radius 1 is 1.29 bits per heavy atom. The molecule has 1 unspecified atom stereocenters. The van der Waals surface area contributed by atoms with E-state index in [4.69, 9.17) is 0 Å². The monoisotopic (exact) mass is 356 g/mol. The van der Waals surface area contributed by atoms with Crippen molar-refractivity contribution in [2.75, 3.05) is 0 Å². The summed E-state index contributed by atoms with van der Waals surface area (Å²) in [5.41, 5.74) is 0. The summed E-state index contributed by atoms with van der Waals surface area (Å²) in [6.07, 6.45) is 0. The molecule has 0 saturated heterocycles. The molecule has 14 heavy (non-hydrogen) atoms. The summed E-state index contributed by atoms with van der Waals surface area (Å²) < 4.78 is 41.5. The number of benzene rings is 1. The van der Waals surface area contributed by atoms with Crippen LogP contribution in [0.15, 0.2) is 35.2 Å². The van der Waals surface area contributed by atoms with Gasteiger partial charge < -0.3 is 4.55 Å². The minimum absolute atomic E-state index is 0. The van der Waals surface area contributed by atoms with E-state index in [0.717, 1.165) is 0 Å². The summed E-state index contributed by atoms with van der Waals surface area (Å²) in [7, 11) is 0. The Kier molecular flexibility index (Phi) is 7.82. The van der Waals surface area contributed by atoms with Crippen molar-refractivity contribution in [1.29, 1.82) is 0 Å². The summed E-state index contributed by atoms with van der Waals surface area (Å²) in [6.45, 7) is 0. The van der Waals surface area contributed by atoms with Gasteiger partial charge in [-0.1, -0.05) is 18.2 Å². The van der Waals surface area contributed by atoms with Crippen molar-refractivity contribution >= 4 is 22.8 Å². The first-order chi connectivity index (χ1) is 6.02. The van der Waals surface area contributed by atoms with Crippen molar-refractivity contribution in [2.24, 2.45) is 0 Å². The summed E-state index contributed by atoms with van der Waals surface area (Å²) in [6, 6.07) is 7.63. The molecule has 0 N–H and O–H groups in total. The van der Waals surface area contributed by atoms with Crippen molar-refractivity contribution in [3.8, 4) is 0 Å². The van der Waals surface area contributed by atoms with E-state index in [1.807, 2.05) is 0 Å². The number of hydrogen-bond donors (Lipinski definition) is 0. The van der Waals surface area contributed by atoms with Crippen LogP contribution in [0.3, 0.4) is 0 Å². The van der Waals surface area contributed by atoms with Crippen LogP contribution >= 0.6 is 11.8 Å². The van der Waals surface area contributed by atoms with Crippen LogP contribution in [0.4, 0.5) is 8.78 Å². The summed E-state index contributed by atoms with van der Waals surface area (Å²) in [5, 5.41) is 0. The van der Waals surface area contributed by atoms with Gasteiger partial charge in [-0.15, -0.1) is 0 Å². The van der Waals surface area contributed by atoms with Crippen molar-refractivity contribution in [3.05, 3.63) is 30.3 Å². The summed E-state index contributed by atoms with van der Waals surface area (Å²) in [4.78, 5) is 0.219. The summed E-state index contributed by atoms with van der Waals surface area (Å²) >= 11 is -3.39. The molecule has 1 aromatic carbocycles. The van der Waals surface area contributed by atoms with Crippen molar-refractivity contribution < 1.29 is 86.4 Å². The molecule has 0 bridgehead atoms. The Morgan fingerprint density at radius 2 is 1.79 bits per heavy atom. The van der Waals surface area contributed by atoms with Crippen molar-refractivity contribution in [3.63, 3.8) is 0 Å². The van der Waals surface area contributed by atoms with Gasteiger partial charge in [0.2, 0.25) is 0 Å². The molecule has 72 valence electrons. The van der Waals surface area contributed by atoms with Gasteiger partial charge in [0.25, 0.3) is 0 Å². The molecule has 1 aromatic rings. The molecule has 0 radical (unpaired) electrons. The topological polar surface area (TPSA) is 40.1 Å². The maximum Gasteiger partial charge on any atom is 1.00 e. The van der Waals surface area contributed by atoms with Crippen LogP contribution in [-0.4, -0.2) is 13.3 Å². The van der Waals surface area contributed by atoms with Crippen molar-refractivity contribution in [1.82, 2.24) is 0 Å². The molecule has 0 saturated carbocycles. The second-order valence-corrected chi connectivity index (χ2v) is 4.54. The van der Waals surface area contributed by atoms with Crippen molar-refractivity contribution in [2.45, 2.75) is 9.48 Å². The van der Waals surface area contributed by atoms with E-state index in [-0.39, 0.29) is 85.6 Å². The van der Waals surface area contributed by atoms with Gasteiger partial charge in [-0.3, -0.25) is 4.21 Å². The molecule has 0 spiro atoms. The van der Waals surface area contributed by atoms with E-state index in [9.17, 15) is 17.5 Å². The predicted molar refractivity (Wildman–Crippen MR) is 46.2 cm³/mol. The maximum absolute atomic E-state index is 12.6. The molecule has 0 heterocycles. The molecule has 0 aliphatic heterocycles. The molecular formula is C7H5CsF2O2S2. The first-order valence-corrected chi connectivity index (χ1v) is 5.13. The Morgan fingerprint density at radius 3 is 2.21 bits per heavy atom. The van der Waals surface area contributed by atoms with E-state index in [1.165, 1.54) is 12.1 Å². The molecule has 1 atom stereocenters. The van der Waals surface area contributed by atoms with Gasteiger partial charge in [0.05, 0.1) is 0 Å². The fourth-order valence-electron chi connectivity index (χ4n) is 0.660. The van der Waals surface area contributed by atoms with Crippen LogP contribution in [0.2, 0.25) is 0 Å². The number of rotatable bonds is 3. The zero-order valence-electron chi connectivity index (χ0n) is 7.28. The van der Waals surface area contributed by atoms with Crippen LogP contribution in [-0.2, 0) is 11.1 Å². The standard InChI is InChI=1S/C7H6F2O2S2.Cs/c8-7(9,13(10)11)12-6-4-2-1-3-5-6;/h1-5H,(H,10,11);/q;+1/p-1. The van der Waals surface area contributed by atoms with Crippen LogP contribution in [0.25, 0.3) is 0 Å². The molecule has 0 aliphatic rings. The van der Waals surface area contributed by atoms with Gasteiger partial charge in [0, 0.05) is 16.0 Å². The third-order valence-corrected chi connectivity index (χ3v) is 2.97. The van der Waals surface area contributed by atoms with Gasteiger partial charge in [-0.05, 0) is 23.9 Å². The van der Waals surface area contributed by atoms with Gasteiger partial charge in [-0.25, -0.2) is 0 Å². The van der Waals surface area contributed by atoms with Crippen LogP contribution in [0.1, 0.15) is 0 Å². The molecular weight excluding hydrogens is 351 g/mol. The Bertz CT molecular complexity index is 308. The second-order valence-electron chi connectivity index (χ2n) is 2.11. The van der Waals surface area contributed by atoms with Crippen LogP contribution in [0.5, 0.6) is 0 Å². The second kappa shape index (κ2) is 7.02. The minimum atomic E-state index is -3.76. The number of alkyl halides is 2. The zero-order valence-corrected chi connectivity index (χ0v) is 15.2. The van der Waals surface area contributed by atoms with Crippen LogP contribution < -0.4 is 68.9 Å². The third kappa shape index (κ3) is 5.08. The number of thioether (sulfide) groups is 1. The maximum atomic E-state index is 12.6. The zero-order chi connectivity index (χ0) is 9.90. The molecule has 1 rings (SSSR count). The predicted octanol–water partition coefficient (Wildman–Crippen LogP) is -0.788. The van der Waals surface area contributed by atoms with E-state index < -0.39 is 15.7 Å². The average molecular weight is 356 g/mol. The minimum Gasteiger partial charge on any atom is -0.767 e. The normalized spacial score (nSPS) is 13.1. The smallest absolute Gasteiger partial charge is 0.767 e. The molecule has 0 amide bonds. The number of hydrogen-bond acceptors (Lipinski definition) is 3. The van der Waals surface area contributed by atoms with E-state index in [2.05, 4.69) is 0 Å². The molecule has 0 fully saturated rings. The largest absolute Gasteiger partial charge is 1.00 e. The molecule has 0 aromatic heterocycles. The Hall–Kier alpha value is 1.59. The van der Waals surface area contributed by atoms with Gasteiger partial charge in [-0.2, -0.15) is 8.78 Å². The fraction of sp³-hybridized carbons (Fsp3) is 0.143. The quantitative estimate of drug-likeness (QED) is 0.527. The summed E-state index contributed by atoms with van der Waals surface area (Å²) in [5.74, 6) is 0. The van der Waals surface area contributed by atoms with Gasteiger partial charge >= 0.3 is 73.5 Å². The van der Waals surface area contributed by atoms with E-state index >= 15 is 0 Å². The van der Waals surface area contributed by atoms with E-state index in [1.54, 1.807) is 18.2 Å². The third-order valence-electron chi connectivity index (χ3n) is 1.17. The first-order valence-electron chi connectivity index (χ1n) is 3.23. The molecule has 7 heteroatoms. The molecule has 0 aliphatic carbocycles. The SMILES string of the molecule is O=S([O-])C(F)(F)Sc1ccccc1.[Cs+]. The fourth-order valence-corrected chi connectivity index (χ4v) is 1.79. The van der Waals surface area contributed by atoms with Gasteiger partial charge in [0.1, 0.15) is 0 Å². The average Bonchev–Trinajstić information content (AvgIpc) is 2.05.